The van der Waals surface area contributed by atoms with Gasteiger partial charge in [-0.05, 0) is 55.1 Å². The summed E-state index contributed by atoms with van der Waals surface area (Å²) in [6.45, 7) is 8.61. The molecule has 1 aromatic carbocycles. The Bertz CT molecular complexity index is 1000. The Kier molecular flexibility index (Phi) is 6.62. The van der Waals surface area contributed by atoms with Crippen molar-refractivity contribution in [1.29, 1.82) is 0 Å². The topological polar surface area (TPSA) is 48.6 Å². The first-order valence-corrected chi connectivity index (χ1v) is 11.2. The van der Waals surface area contributed by atoms with E-state index < -0.39 is 0 Å². The predicted octanol–water partition coefficient (Wildman–Crippen LogP) is 4.65. The number of carbonyl (C=O) groups excluding carboxylic acids is 1. The number of rotatable bonds is 4. The normalized spacial score (nSPS) is 22.7. The van der Waals surface area contributed by atoms with E-state index in [1.807, 2.05) is 41.3 Å². The third kappa shape index (κ3) is 5.47. The third-order valence-corrected chi connectivity index (χ3v) is 5.92. The summed E-state index contributed by atoms with van der Waals surface area (Å²) in [5.41, 5.74) is 2.85. The lowest BCUT2D eigenvalue weighted by Gasteiger charge is -2.35. The molecule has 0 spiro atoms. The smallest absolute Gasteiger partial charge is 0.270 e. The van der Waals surface area contributed by atoms with Crippen molar-refractivity contribution >= 4 is 16.8 Å². The molecule has 0 bridgehead atoms. The van der Waals surface area contributed by atoms with Crippen molar-refractivity contribution < 1.29 is 9.53 Å². The Morgan fingerprint density at radius 1 is 1.06 bits per heavy atom. The lowest BCUT2D eigenvalue weighted by molar-refractivity contribution is 0.0629. The summed E-state index contributed by atoms with van der Waals surface area (Å²) in [6.07, 6.45) is 11.3. The molecule has 1 aliphatic heterocycles. The van der Waals surface area contributed by atoms with Crippen molar-refractivity contribution in [2.75, 3.05) is 39.8 Å². The Morgan fingerprint density at radius 2 is 1.84 bits per heavy atom. The van der Waals surface area contributed by atoms with Crippen LogP contribution in [0.25, 0.3) is 10.9 Å². The summed E-state index contributed by atoms with van der Waals surface area (Å²) in [4.78, 5) is 21.0. The molecule has 2 aliphatic rings. The van der Waals surface area contributed by atoms with Crippen LogP contribution in [0.5, 0.6) is 5.75 Å². The number of nitrogens with one attached hydrogen (secondary N) is 1. The number of amides is 1. The van der Waals surface area contributed by atoms with Gasteiger partial charge in [-0.1, -0.05) is 44.2 Å². The van der Waals surface area contributed by atoms with Gasteiger partial charge < -0.3 is 19.5 Å². The molecule has 0 radical (unpaired) electrons. The number of aromatic amines is 1. The molecule has 1 aliphatic carbocycles. The predicted molar refractivity (Wildman–Crippen MR) is 127 cm³/mol. The minimum absolute atomic E-state index is 0.0871. The molecule has 31 heavy (non-hydrogen) atoms. The maximum atomic E-state index is 13.3. The van der Waals surface area contributed by atoms with Crippen molar-refractivity contribution in [3.8, 4) is 5.75 Å². The number of H-pyrrole nitrogens is 1. The first-order valence-electron chi connectivity index (χ1n) is 11.2. The fourth-order valence-corrected chi connectivity index (χ4v) is 4.64. The summed E-state index contributed by atoms with van der Waals surface area (Å²) in [6, 6.07) is 7.93. The van der Waals surface area contributed by atoms with Crippen LogP contribution in [0.2, 0.25) is 0 Å². The van der Waals surface area contributed by atoms with Crippen LogP contribution in [0.1, 0.15) is 30.8 Å². The van der Waals surface area contributed by atoms with Gasteiger partial charge in [0.15, 0.2) is 0 Å². The van der Waals surface area contributed by atoms with Gasteiger partial charge in [0.1, 0.15) is 18.1 Å². The van der Waals surface area contributed by atoms with Crippen molar-refractivity contribution in [2.24, 2.45) is 11.8 Å². The van der Waals surface area contributed by atoms with Crippen molar-refractivity contribution in [3.63, 3.8) is 0 Å². The van der Waals surface area contributed by atoms with E-state index in [-0.39, 0.29) is 5.91 Å². The number of benzene rings is 1. The summed E-state index contributed by atoms with van der Waals surface area (Å²) < 4.78 is 6.01. The number of nitrogens with zero attached hydrogens (tertiary/aromatic N) is 2. The molecule has 5 nitrogen and oxygen atoms in total. The van der Waals surface area contributed by atoms with Crippen molar-refractivity contribution in [2.45, 2.75) is 20.3 Å². The second-order valence-corrected chi connectivity index (χ2v) is 9.20. The van der Waals surface area contributed by atoms with E-state index in [1.165, 1.54) is 5.57 Å². The minimum Gasteiger partial charge on any atom is -0.489 e. The molecule has 2 unspecified atom stereocenters. The van der Waals surface area contributed by atoms with Gasteiger partial charge in [0, 0.05) is 37.1 Å². The van der Waals surface area contributed by atoms with Crippen LogP contribution in [-0.4, -0.2) is 60.5 Å². The minimum atomic E-state index is 0.0871. The van der Waals surface area contributed by atoms with Crippen LogP contribution in [0.4, 0.5) is 0 Å². The highest BCUT2D eigenvalue weighted by atomic mass is 16.5. The molecule has 0 saturated carbocycles. The second kappa shape index (κ2) is 9.56. The average Bonchev–Trinajstić information content (AvgIpc) is 2.96. The monoisotopic (exact) mass is 419 g/mol. The lowest BCUT2D eigenvalue weighted by Crippen LogP contribution is -2.45. The maximum Gasteiger partial charge on any atom is 0.270 e. The van der Waals surface area contributed by atoms with E-state index in [4.69, 9.17) is 4.74 Å². The van der Waals surface area contributed by atoms with E-state index in [1.54, 1.807) is 0 Å². The molecule has 1 amide bonds. The number of ether oxygens (including phenoxy) is 1. The number of carbonyl (C=O) groups is 1. The van der Waals surface area contributed by atoms with Gasteiger partial charge in [0.05, 0.1) is 0 Å². The highest BCUT2D eigenvalue weighted by Crippen LogP contribution is 2.24. The Morgan fingerprint density at radius 3 is 2.61 bits per heavy atom. The number of hydrogen-bond donors (Lipinski definition) is 1. The molecule has 5 heteroatoms. The van der Waals surface area contributed by atoms with Crippen LogP contribution in [0, 0.1) is 11.8 Å². The van der Waals surface area contributed by atoms with E-state index in [0.29, 0.717) is 24.1 Å². The molecule has 1 aromatic heterocycles. The molecule has 1 fully saturated rings. The summed E-state index contributed by atoms with van der Waals surface area (Å²) in [5, 5.41) is 1.00. The van der Waals surface area contributed by atoms with Gasteiger partial charge in [-0.15, -0.1) is 0 Å². The number of aromatic nitrogens is 1. The molecular weight excluding hydrogens is 386 g/mol. The molecule has 2 aromatic rings. The van der Waals surface area contributed by atoms with E-state index in [0.717, 1.165) is 49.3 Å². The van der Waals surface area contributed by atoms with E-state index >= 15 is 0 Å². The van der Waals surface area contributed by atoms with Gasteiger partial charge >= 0.3 is 0 Å². The highest BCUT2D eigenvalue weighted by molar-refractivity contribution is 5.98. The van der Waals surface area contributed by atoms with Crippen molar-refractivity contribution in [3.05, 3.63) is 65.9 Å². The summed E-state index contributed by atoms with van der Waals surface area (Å²) in [5.74, 6) is 1.81. The van der Waals surface area contributed by atoms with Crippen LogP contribution in [-0.2, 0) is 0 Å². The van der Waals surface area contributed by atoms with Gasteiger partial charge in [-0.2, -0.15) is 0 Å². The second-order valence-electron chi connectivity index (χ2n) is 9.20. The molecule has 164 valence electrons. The number of hydrogen-bond acceptors (Lipinski definition) is 3. The number of allylic oxidation sites excluding steroid dienone is 5. The maximum absolute atomic E-state index is 13.3. The lowest BCUT2D eigenvalue weighted by atomic mass is 10.0. The molecule has 2 atom stereocenters. The fraction of sp³-hybridized carbons (Fsp3) is 0.423. The van der Waals surface area contributed by atoms with Gasteiger partial charge in [-0.3, -0.25) is 4.79 Å². The molecule has 1 N–H and O–H groups in total. The first kappa shape index (κ1) is 21.4. The third-order valence-electron chi connectivity index (χ3n) is 5.92. The molecule has 1 saturated heterocycles. The van der Waals surface area contributed by atoms with E-state index in [2.05, 4.69) is 49.0 Å². The Hall–Kier alpha value is -2.79. The zero-order chi connectivity index (χ0) is 21.8. The van der Waals surface area contributed by atoms with Gasteiger partial charge in [0.2, 0.25) is 0 Å². The van der Waals surface area contributed by atoms with Gasteiger partial charge in [-0.25, -0.2) is 0 Å². The summed E-state index contributed by atoms with van der Waals surface area (Å²) in [7, 11) is 2.17. The Balaban J connectivity index is 1.47. The summed E-state index contributed by atoms with van der Waals surface area (Å²) >= 11 is 0. The zero-order valence-corrected chi connectivity index (χ0v) is 18.8. The Labute approximate surface area is 185 Å². The molecule has 4 rings (SSSR count). The number of fused-ring (bicyclic) bond motifs is 1. The van der Waals surface area contributed by atoms with E-state index in [9.17, 15) is 4.79 Å². The van der Waals surface area contributed by atoms with Crippen LogP contribution < -0.4 is 4.74 Å². The molecular formula is C26H33N3O2. The largest absolute Gasteiger partial charge is 0.489 e. The first-order chi connectivity index (χ1) is 15.0. The van der Waals surface area contributed by atoms with Crippen LogP contribution in [0.15, 0.2) is 60.2 Å². The SMILES string of the molecule is CC1CN(C)CC(C)CN(C(=O)c2cc3cc(OCC4=CC=CC=CC4)ccc3[nH]2)C1. The van der Waals surface area contributed by atoms with Crippen molar-refractivity contribution in [1.82, 2.24) is 14.8 Å². The highest BCUT2D eigenvalue weighted by Gasteiger charge is 2.25. The molecule has 2 heterocycles. The fourth-order valence-electron chi connectivity index (χ4n) is 4.64. The van der Waals surface area contributed by atoms with Gasteiger partial charge in [0.25, 0.3) is 5.91 Å². The quantitative estimate of drug-likeness (QED) is 0.785. The van der Waals surface area contributed by atoms with Crippen LogP contribution >= 0.6 is 0 Å². The van der Waals surface area contributed by atoms with Crippen LogP contribution in [0.3, 0.4) is 0 Å². The average molecular weight is 420 g/mol. The standard InChI is InChI=1S/C26H33N3O2/c1-19-14-28(3)15-20(2)17-29(16-19)26(30)25-13-22-12-23(10-11-24(22)27-25)31-18-21-8-6-4-5-7-9-21/h4-8,10-13,19-20,27H,9,14-18H2,1-3H3. The zero-order valence-electron chi connectivity index (χ0n) is 18.8.